The lowest BCUT2D eigenvalue weighted by molar-refractivity contribution is -0.131. The van der Waals surface area contributed by atoms with Gasteiger partial charge in [0.1, 0.15) is 11.5 Å². The Morgan fingerprint density at radius 1 is 0.862 bits per heavy atom. The smallest absolute Gasteiger partial charge is 0.276 e. The van der Waals surface area contributed by atoms with Gasteiger partial charge < -0.3 is 9.47 Å². The van der Waals surface area contributed by atoms with E-state index in [0.29, 0.717) is 11.5 Å². The van der Waals surface area contributed by atoms with E-state index < -0.39 is 11.8 Å². The second kappa shape index (κ2) is 9.93. The van der Waals surface area contributed by atoms with E-state index in [4.69, 9.17) is 9.47 Å². The summed E-state index contributed by atoms with van der Waals surface area (Å²) < 4.78 is 11.7. The van der Waals surface area contributed by atoms with Gasteiger partial charge >= 0.3 is 0 Å². The van der Waals surface area contributed by atoms with Gasteiger partial charge in [-0.1, -0.05) is 49.4 Å². The van der Waals surface area contributed by atoms with Crippen LogP contribution in [0.4, 0.5) is 0 Å². The Kier molecular flexibility index (Phi) is 7.08. The number of hydrogen-bond donors (Lipinski definition) is 2. The van der Waals surface area contributed by atoms with Crippen molar-refractivity contribution in [2.75, 3.05) is 13.2 Å². The Balaban J connectivity index is 1.42. The van der Waals surface area contributed by atoms with E-state index in [9.17, 15) is 9.59 Å². The number of amides is 2. The highest BCUT2D eigenvalue weighted by atomic mass is 79.9. The molecule has 0 bridgehead atoms. The van der Waals surface area contributed by atoms with Crippen LogP contribution in [-0.2, 0) is 16.0 Å². The fourth-order valence-electron chi connectivity index (χ4n) is 2.65. The molecule has 29 heavy (non-hydrogen) atoms. The minimum Gasteiger partial charge on any atom is -0.484 e. The molecule has 3 aromatic carbocycles. The molecule has 0 heterocycles. The number of carbonyl (C=O) groups excluding carboxylic acids is 2. The molecule has 6 nitrogen and oxygen atoms in total. The molecule has 3 aromatic rings. The largest absolute Gasteiger partial charge is 0.484 e. The van der Waals surface area contributed by atoms with Gasteiger partial charge in [-0.15, -0.1) is 0 Å². The summed E-state index contributed by atoms with van der Waals surface area (Å²) in [5.41, 5.74) is 5.79. The fraction of sp³-hybridized carbons (Fsp3) is 0.182. The minimum atomic E-state index is -0.481. The molecule has 2 N–H and O–H groups in total. The zero-order valence-electron chi connectivity index (χ0n) is 15.9. The number of fused-ring (bicyclic) bond motifs is 1. The van der Waals surface area contributed by atoms with Gasteiger partial charge in [-0.05, 0) is 56.9 Å². The second-order valence-electron chi connectivity index (χ2n) is 6.27. The van der Waals surface area contributed by atoms with Gasteiger partial charge in [0.2, 0.25) is 0 Å². The normalized spacial score (nSPS) is 10.4. The molecule has 2 amide bonds. The van der Waals surface area contributed by atoms with Crippen LogP contribution < -0.4 is 20.3 Å². The Bertz CT molecular complexity index is 1010. The van der Waals surface area contributed by atoms with Crippen LogP contribution in [0.15, 0.2) is 65.1 Å². The van der Waals surface area contributed by atoms with Crippen molar-refractivity contribution in [1.29, 1.82) is 0 Å². The molecule has 0 aliphatic heterocycles. The average molecular weight is 457 g/mol. The van der Waals surface area contributed by atoms with Crippen LogP contribution in [0.5, 0.6) is 11.5 Å². The van der Waals surface area contributed by atoms with E-state index in [1.54, 1.807) is 18.2 Å². The van der Waals surface area contributed by atoms with Crippen LogP contribution in [0.2, 0.25) is 0 Å². The van der Waals surface area contributed by atoms with E-state index in [1.807, 2.05) is 42.5 Å². The molecular weight excluding hydrogens is 436 g/mol. The van der Waals surface area contributed by atoms with Gasteiger partial charge in [0.05, 0.1) is 4.47 Å². The Hall–Kier alpha value is -3.06. The maximum absolute atomic E-state index is 11.9. The fourth-order valence-corrected chi connectivity index (χ4v) is 3.26. The summed E-state index contributed by atoms with van der Waals surface area (Å²) in [6.45, 7) is 1.62. The monoisotopic (exact) mass is 456 g/mol. The predicted octanol–water partition coefficient (Wildman–Crippen LogP) is 3.77. The van der Waals surface area contributed by atoms with Crippen LogP contribution in [0.1, 0.15) is 12.5 Å². The summed E-state index contributed by atoms with van der Waals surface area (Å²) >= 11 is 3.50. The molecule has 0 aromatic heterocycles. The van der Waals surface area contributed by atoms with Crippen LogP contribution in [0.3, 0.4) is 0 Å². The van der Waals surface area contributed by atoms with E-state index in [0.717, 1.165) is 21.7 Å². The van der Waals surface area contributed by atoms with Crippen molar-refractivity contribution in [3.05, 3.63) is 70.7 Å². The number of benzene rings is 3. The molecule has 0 aliphatic carbocycles. The van der Waals surface area contributed by atoms with Crippen LogP contribution in [0.25, 0.3) is 10.8 Å². The van der Waals surface area contributed by atoms with E-state index >= 15 is 0 Å². The Labute approximate surface area is 177 Å². The summed E-state index contributed by atoms with van der Waals surface area (Å²) in [4.78, 5) is 23.8. The highest BCUT2D eigenvalue weighted by molar-refractivity contribution is 9.10. The second-order valence-corrected chi connectivity index (χ2v) is 7.06. The lowest BCUT2D eigenvalue weighted by Gasteiger charge is -2.11. The predicted molar refractivity (Wildman–Crippen MR) is 115 cm³/mol. The first-order valence-electron chi connectivity index (χ1n) is 9.16. The van der Waals surface area contributed by atoms with Crippen molar-refractivity contribution in [3.63, 3.8) is 0 Å². The van der Waals surface area contributed by atoms with Crippen LogP contribution in [-0.4, -0.2) is 25.0 Å². The number of halogens is 1. The molecule has 0 aliphatic rings. The third-order valence-corrected chi connectivity index (χ3v) is 5.05. The maximum Gasteiger partial charge on any atom is 0.276 e. The number of hydrogen-bond acceptors (Lipinski definition) is 4. The van der Waals surface area contributed by atoms with E-state index in [-0.39, 0.29) is 13.2 Å². The molecule has 150 valence electrons. The standard InChI is InChI=1S/C22H21BrN2O4/c1-2-15-7-10-17(11-8-15)28-13-20(26)24-25-21(27)14-29-19-12-9-16-5-3-4-6-18(16)22(19)23/h3-12H,2,13-14H2,1H3,(H,24,26)(H,25,27). The number of ether oxygens (including phenoxy) is 2. The van der Waals surface area contributed by atoms with E-state index in [2.05, 4.69) is 33.7 Å². The summed E-state index contributed by atoms with van der Waals surface area (Å²) in [5, 5.41) is 2.05. The van der Waals surface area contributed by atoms with Gasteiger partial charge in [0, 0.05) is 0 Å². The summed E-state index contributed by atoms with van der Waals surface area (Å²) in [5.74, 6) is 0.188. The summed E-state index contributed by atoms with van der Waals surface area (Å²) in [7, 11) is 0. The summed E-state index contributed by atoms with van der Waals surface area (Å²) in [6.07, 6.45) is 0.935. The lowest BCUT2D eigenvalue weighted by Crippen LogP contribution is -2.45. The first-order valence-corrected chi connectivity index (χ1v) is 9.95. The molecule has 0 saturated carbocycles. The topological polar surface area (TPSA) is 76.7 Å². The van der Waals surface area contributed by atoms with Crippen molar-refractivity contribution in [1.82, 2.24) is 10.9 Å². The zero-order chi connectivity index (χ0) is 20.6. The average Bonchev–Trinajstić information content (AvgIpc) is 2.76. The van der Waals surface area contributed by atoms with Gasteiger partial charge in [-0.2, -0.15) is 0 Å². The third-order valence-electron chi connectivity index (χ3n) is 4.23. The van der Waals surface area contributed by atoms with Gasteiger partial charge in [-0.25, -0.2) is 0 Å². The molecule has 0 atom stereocenters. The van der Waals surface area contributed by atoms with Crippen LogP contribution >= 0.6 is 15.9 Å². The Morgan fingerprint density at radius 2 is 1.52 bits per heavy atom. The number of nitrogens with one attached hydrogen (secondary N) is 2. The number of rotatable bonds is 7. The Morgan fingerprint density at radius 3 is 2.21 bits per heavy atom. The maximum atomic E-state index is 11.9. The quantitative estimate of drug-likeness (QED) is 0.530. The number of aryl methyl sites for hydroxylation is 1. The molecule has 0 radical (unpaired) electrons. The van der Waals surface area contributed by atoms with Crippen molar-refractivity contribution in [3.8, 4) is 11.5 Å². The highest BCUT2D eigenvalue weighted by Crippen LogP contribution is 2.32. The summed E-state index contributed by atoms with van der Waals surface area (Å²) in [6, 6.07) is 19.0. The lowest BCUT2D eigenvalue weighted by atomic mass is 10.1. The van der Waals surface area contributed by atoms with Crippen molar-refractivity contribution in [2.45, 2.75) is 13.3 Å². The molecule has 0 saturated heterocycles. The molecule has 0 unspecified atom stereocenters. The van der Waals surface area contributed by atoms with Crippen molar-refractivity contribution >= 4 is 38.5 Å². The first kappa shape index (κ1) is 20.7. The molecule has 3 rings (SSSR count). The zero-order valence-corrected chi connectivity index (χ0v) is 17.5. The molecular formula is C22H21BrN2O4. The molecule has 7 heteroatoms. The SMILES string of the molecule is CCc1ccc(OCC(=O)NNC(=O)COc2ccc3ccccc3c2Br)cc1. The molecule has 0 fully saturated rings. The van der Waals surface area contributed by atoms with Crippen molar-refractivity contribution < 1.29 is 19.1 Å². The highest BCUT2D eigenvalue weighted by Gasteiger charge is 2.10. The minimum absolute atomic E-state index is 0.206. The van der Waals surface area contributed by atoms with Gasteiger partial charge in [-0.3, -0.25) is 20.4 Å². The van der Waals surface area contributed by atoms with Gasteiger partial charge in [0.25, 0.3) is 11.8 Å². The number of carbonyl (C=O) groups is 2. The van der Waals surface area contributed by atoms with Crippen molar-refractivity contribution in [2.24, 2.45) is 0 Å². The van der Waals surface area contributed by atoms with Crippen LogP contribution in [0, 0.1) is 0 Å². The van der Waals surface area contributed by atoms with E-state index in [1.165, 1.54) is 5.56 Å². The third kappa shape index (κ3) is 5.71. The number of hydrazine groups is 1. The van der Waals surface area contributed by atoms with Gasteiger partial charge in [0.15, 0.2) is 13.2 Å². The molecule has 0 spiro atoms. The first-order chi connectivity index (χ1) is 14.1.